The number of carbonyl (C=O) groups is 1. The highest BCUT2D eigenvalue weighted by Gasteiger charge is 2.33. The Kier molecular flexibility index (Phi) is 5.51. The van der Waals surface area contributed by atoms with E-state index in [1.165, 1.54) is 5.56 Å². The Balaban J connectivity index is 1.74. The quantitative estimate of drug-likeness (QED) is 0.338. The maximum Gasteiger partial charge on any atom is 0.253 e. The van der Waals surface area contributed by atoms with Gasteiger partial charge in [0.15, 0.2) is 5.00 Å². The lowest BCUT2D eigenvalue weighted by Gasteiger charge is -2.18. The number of nitrogens with one attached hydrogen (secondary N) is 1. The first kappa shape index (κ1) is 20.0. The predicted molar refractivity (Wildman–Crippen MR) is 124 cm³/mol. The Hall–Kier alpha value is -3.24. The van der Waals surface area contributed by atoms with Crippen LogP contribution in [0.3, 0.4) is 0 Å². The lowest BCUT2D eigenvalue weighted by Crippen LogP contribution is -2.23. The molecular formula is C25H22ClN3O. The Labute approximate surface area is 181 Å². The fraction of sp³-hybridized carbons (Fsp3) is 0.160. The van der Waals surface area contributed by atoms with Crippen molar-refractivity contribution in [2.75, 3.05) is 6.54 Å². The van der Waals surface area contributed by atoms with E-state index in [2.05, 4.69) is 40.9 Å². The minimum atomic E-state index is -1.03. The second-order valence-electron chi connectivity index (χ2n) is 7.14. The number of amides is 1. The normalized spacial score (nSPS) is 17.7. The maximum absolute atomic E-state index is 12.3. The molecule has 1 aromatic heterocycles. The van der Waals surface area contributed by atoms with E-state index in [-0.39, 0.29) is 5.91 Å². The number of para-hydroxylation sites is 1. The summed E-state index contributed by atoms with van der Waals surface area (Å²) in [6.07, 6.45) is 7.95. The van der Waals surface area contributed by atoms with E-state index >= 15 is 0 Å². The molecule has 0 saturated carbocycles. The molecule has 3 aromatic rings. The zero-order chi connectivity index (χ0) is 21.1. The van der Waals surface area contributed by atoms with Crippen LogP contribution >= 0.6 is 11.6 Å². The molecule has 30 heavy (non-hydrogen) atoms. The van der Waals surface area contributed by atoms with Crippen molar-refractivity contribution in [3.8, 4) is 0 Å². The molecule has 0 radical (unpaired) electrons. The Morgan fingerprint density at radius 3 is 2.87 bits per heavy atom. The number of hydrogen-bond donors (Lipinski definition) is 1. The van der Waals surface area contributed by atoms with Gasteiger partial charge in [0, 0.05) is 29.9 Å². The van der Waals surface area contributed by atoms with Crippen LogP contribution in [0.5, 0.6) is 0 Å². The molecule has 1 amide bonds. The van der Waals surface area contributed by atoms with E-state index in [9.17, 15) is 4.79 Å². The first-order chi connectivity index (χ1) is 14.6. The number of benzene rings is 2. The van der Waals surface area contributed by atoms with Crippen LogP contribution in [0.15, 0.2) is 78.5 Å². The van der Waals surface area contributed by atoms with Gasteiger partial charge in [-0.25, -0.2) is 0 Å². The third kappa shape index (κ3) is 3.66. The number of carbonyl (C=O) groups excluding carboxylic acids is 1. The van der Waals surface area contributed by atoms with Gasteiger partial charge in [0.1, 0.15) is 0 Å². The molecule has 150 valence electrons. The molecule has 4 nitrogen and oxygen atoms in total. The molecule has 1 aliphatic rings. The number of fused-ring (bicyclic) bond motifs is 1. The maximum atomic E-state index is 12.3. The van der Waals surface area contributed by atoms with Crippen molar-refractivity contribution in [3.05, 3.63) is 95.7 Å². The first-order valence-electron chi connectivity index (χ1n) is 9.89. The van der Waals surface area contributed by atoms with Crippen molar-refractivity contribution in [1.29, 1.82) is 0 Å². The molecule has 1 atom stereocenters. The minimum absolute atomic E-state index is 0.187. The Bertz CT molecular complexity index is 1200. The number of aryl methyl sites for hydroxylation is 1. The second-order valence-corrected chi connectivity index (χ2v) is 7.72. The van der Waals surface area contributed by atoms with Crippen LogP contribution < -0.4 is 5.32 Å². The summed E-state index contributed by atoms with van der Waals surface area (Å²) in [5.41, 5.74) is 5.40. The SMILES string of the molecule is C=CCNC(=O)c1cnc2c(C3(Cl)C=C(c4ccccc4CC)C=N3)cccc2c1. The molecule has 1 aliphatic heterocycles. The van der Waals surface area contributed by atoms with Gasteiger partial charge < -0.3 is 5.32 Å². The smallest absolute Gasteiger partial charge is 0.253 e. The van der Waals surface area contributed by atoms with Crippen molar-refractivity contribution < 1.29 is 4.79 Å². The molecule has 5 heteroatoms. The van der Waals surface area contributed by atoms with Crippen molar-refractivity contribution >= 4 is 40.2 Å². The van der Waals surface area contributed by atoms with Crippen molar-refractivity contribution in [2.24, 2.45) is 4.99 Å². The van der Waals surface area contributed by atoms with E-state index in [0.29, 0.717) is 12.1 Å². The van der Waals surface area contributed by atoms with Crippen LogP contribution in [0.4, 0.5) is 0 Å². The summed E-state index contributed by atoms with van der Waals surface area (Å²) >= 11 is 6.98. The molecule has 1 N–H and O–H groups in total. The Morgan fingerprint density at radius 1 is 1.23 bits per heavy atom. The monoisotopic (exact) mass is 415 g/mol. The van der Waals surface area contributed by atoms with Gasteiger partial charge >= 0.3 is 0 Å². The van der Waals surface area contributed by atoms with Crippen LogP contribution in [-0.4, -0.2) is 23.7 Å². The zero-order valence-corrected chi connectivity index (χ0v) is 17.5. The fourth-order valence-corrected chi connectivity index (χ4v) is 4.00. The molecule has 0 spiro atoms. The summed E-state index contributed by atoms with van der Waals surface area (Å²) < 4.78 is 0. The highest BCUT2D eigenvalue weighted by Crippen LogP contribution is 2.42. The molecule has 2 heterocycles. The van der Waals surface area contributed by atoms with Crippen LogP contribution in [-0.2, 0) is 11.4 Å². The van der Waals surface area contributed by atoms with Crippen LogP contribution in [0, 0.1) is 0 Å². The molecule has 0 fully saturated rings. The number of rotatable bonds is 6. The summed E-state index contributed by atoms with van der Waals surface area (Å²) in [4.78, 5) is 20.4. The summed E-state index contributed by atoms with van der Waals surface area (Å²) in [7, 11) is 0. The van der Waals surface area contributed by atoms with Gasteiger partial charge in [0.25, 0.3) is 5.91 Å². The highest BCUT2D eigenvalue weighted by atomic mass is 35.5. The van der Waals surface area contributed by atoms with Crippen LogP contribution in [0.25, 0.3) is 16.5 Å². The zero-order valence-electron chi connectivity index (χ0n) is 16.7. The van der Waals surface area contributed by atoms with Gasteiger partial charge in [0.05, 0.1) is 11.1 Å². The van der Waals surface area contributed by atoms with Crippen molar-refractivity contribution in [1.82, 2.24) is 10.3 Å². The van der Waals surface area contributed by atoms with E-state index in [1.54, 1.807) is 12.3 Å². The number of hydrogen-bond acceptors (Lipinski definition) is 3. The average molecular weight is 416 g/mol. The average Bonchev–Trinajstić information content (AvgIpc) is 3.19. The number of aromatic nitrogens is 1. The topological polar surface area (TPSA) is 54.4 Å². The van der Waals surface area contributed by atoms with Crippen LogP contribution in [0.2, 0.25) is 0 Å². The first-order valence-corrected chi connectivity index (χ1v) is 10.3. The van der Waals surface area contributed by atoms with E-state index in [0.717, 1.165) is 34.0 Å². The lowest BCUT2D eigenvalue weighted by atomic mass is 9.96. The summed E-state index contributed by atoms with van der Waals surface area (Å²) in [6, 6.07) is 15.9. The summed E-state index contributed by atoms with van der Waals surface area (Å²) in [6.45, 7) is 6.16. The van der Waals surface area contributed by atoms with E-state index < -0.39 is 5.00 Å². The van der Waals surface area contributed by atoms with Crippen molar-refractivity contribution in [3.63, 3.8) is 0 Å². The van der Waals surface area contributed by atoms with E-state index in [1.807, 2.05) is 48.7 Å². The van der Waals surface area contributed by atoms with Crippen LogP contribution in [0.1, 0.15) is 34.0 Å². The molecule has 0 aliphatic carbocycles. The van der Waals surface area contributed by atoms with Gasteiger partial charge in [-0.1, -0.05) is 67.1 Å². The molecular weight excluding hydrogens is 394 g/mol. The molecule has 4 rings (SSSR count). The number of aliphatic imine (C=N–C) groups is 1. The molecule has 1 unspecified atom stereocenters. The van der Waals surface area contributed by atoms with Crippen molar-refractivity contribution in [2.45, 2.75) is 18.3 Å². The van der Waals surface area contributed by atoms with Gasteiger partial charge in [-0.3, -0.25) is 14.8 Å². The summed E-state index contributed by atoms with van der Waals surface area (Å²) in [5, 5.41) is 3.61. The number of allylic oxidation sites excluding steroid dienone is 1. The number of halogens is 1. The molecule has 0 saturated heterocycles. The largest absolute Gasteiger partial charge is 0.349 e. The minimum Gasteiger partial charge on any atom is -0.349 e. The molecule has 0 bridgehead atoms. The number of alkyl halides is 1. The second kappa shape index (κ2) is 8.25. The third-order valence-electron chi connectivity index (χ3n) is 5.21. The third-order valence-corrected chi connectivity index (χ3v) is 5.62. The molecule has 2 aromatic carbocycles. The lowest BCUT2D eigenvalue weighted by molar-refractivity contribution is 0.0958. The van der Waals surface area contributed by atoms with Gasteiger partial charge in [-0.05, 0) is 35.3 Å². The highest BCUT2D eigenvalue weighted by molar-refractivity contribution is 6.30. The number of pyridine rings is 1. The van der Waals surface area contributed by atoms with E-state index in [4.69, 9.17) is 11.6 Å². The fourth-order valence-electron chi connectivity index (χ4n) is 3.68. The van der Waals surface area contributed by atoms with Gasteiger partial charge in [-0.15, -0.1) is 6.58 Å². The Morgan fingerprint density at radius 2 is 2.07 bits per heavy atom. The van der Waals surface area contributed by atoms with Gasteiger partial charge in [0.2, 0.25) is 0 Å². The predicted octanol–water partition coefficient (Wildman–Crippen LogP) is 5.27. The van der Waals surface area contributed by atoms with Gasteiger partial charge in [-0.2, -0.15) is 0 Å². The standard InChI is InChI=1S/C25H22ClN3O/c1-3-12-27-24(30)19-13-18-9-7-11-22(23(18)28-15-19)25(26)14-20(16-29-25)21-10-6-5-8-17(21)4-2/h3,5-11,13-16H,1,4,12H2,2H3,(H,27,30). The number of nitrogens with zero attached hydrogens (tertiary/aromatic N) is 2. The summed E-state index contributed by atoms with van der Waals surface area (Å²) in [5.74, 6) is -0.187.